The Labute approximate surface area is 141 Å². The van der Waals surface area contributed by atoms with E-state index in [1.54, 1.807) is 18.2 Å². The molecule has 1 aromatic heterocycles. The summed E-state index contributed by atoms with van der Waals surface area (Å²) in [5.74, 6) is 0.650. The number of nitrogens with two attached hydrogens (primary N) is 1. The number of carbonyl (C=O) groups is 1. The second-order valence-electron chi connectivity index (χ2n) is 6.20. The molecular formula is C19H22N4O. The number of hydrogen-bond donors (Lipinski definition) is 2. The van der Waals surface area contributed by atoms with Gasteiger partial charge in [-0.1, -0.05) is 24.3 Å². The van der Waals surface area contributed by atoms with Crippen LogP contribution in [0, 0.1) is 0 Å². The van der Waals surface area contributed by atoms with Crippen molar-refractivity contribution in [3.63, 3.8) is 0 Å². The van der Waals surface area contributed by atoms with E-state index >= 15 is 0 Å². The van der Waals surface area contributed by atoms with Gasteiger partial charge in [0.25, 0.3) is 5.91 Å². The highest BCUT2D eigenvalue weighted by molar-refractivity contribution is 5.99. The van der Waals surface area contributed by atoms with Gasteiger partial charge in [0, 0.05) is 11.7 Å². The molecule has 0 saturated carbocycles. The molecule has 0 radical (unpaired) electrons. The van der Waals surface area contributed by atoms with Gasteiger partial charge in [0.05, 0.1) is 22.6 Å². The van der Waals surface area contributed by atoms with E-state index in [9.17, 15) is 4.79 Å². The molecule has 1 amide bonds. The molecule has 124 valence electrons. The molecule has 24 heavy (non-hydrogen) atoms. The third-order valence-corrected chi connectivity index (χ3v) is 4.08. The van der Waals surface area contributed by atoms with Crippen molar-refractivity contribution in [2.75, 3.05) is 5.73 Å². The summed E-state index contributed by atoms with van der Waals surface area (Å²) in [4.78, 5) is 17.2. The number of benzene rings is 2. The number of nitrogens with one attached hydrogen (secondary N) is 1. The third kappa shape index (κ3) is 2.85. The number of fused-ring (bicyclic) bond motifs is 1. The van der Waals surface area contributed by atoms with E-state index in [0.717, 1.165) is 16.9 Å². The largest absolute Gasteiger partial charge is 0.398 e. The number of hydrogen-bond acceptors (Lipinski definition) is 3. The van der Waals surface area contributed by atoms with Crippen LogP contribution in [0.5, 0.6) is 0 Å². The van der Waals surface area contributed by atoms with Crippen LogP contribution >= 0.6 is 0 Å². The van der Waals surface area contributed by atoms with E-state index < -0.39 is 0 Å². The minimum Gasteiger partial charge on any atom is -0.398 e. The van der Waals surface area contributed by atoms with E-state index in [4.69, 9.17) is 10.7 Å². The van der Waals surface area contributed by atoms with Crippen LogP contribution in [0.2, 0.25) is 0 Å². The van der Waals surface area contributed by atoms with Crippen molar-refractivity contribution in [3.8, 4) is 0 Å². The van der Waals surface area contributed by atoms with Gasteiger partial charge >= 0.3 is 0 Å². The minimum atomic E-state index is -0.230. The van der Waals surface area contributed by atoms with Crippen LogP contribution in [-0.2, 0) is 0 Å². The maximum absolute atomic E-state index is 12.5. The Hall–Kier alpha value is -2.82. The average Bonchev–Trinajstić information content (AvgIpc) is 2.95. The smallest absolute Gasteiger partial charge is 0.253 e. The van der Waals surface area contributed by atoms with Crippen molar-refractivity contribution >= 4 is 22.6 Å². The first-order valence-corrected chi connectivity index (χ1v) is 8.11. The van der Waals surface area contributed by atoms with Crippen LogP contribution in [-0.4, -0.2) is 15.5 Å². The van der Waals surface area contributed by atoms with Gasteiger partial charge in [-0.05, 0) is 45.0 Å². The van der Waals surface area contributed by atoms with Gasteiger partial charge in [-0.2, -0.15) is 0 Å². The number of nitrogen functional groups attached to an aromatic ring is 1. The summed E-state index contributed by atoms with van der Waals surface area (Å²) in [6, 6.07) is 15.1. The van der Waals surface area contributed by atoms with E-state index in [-0.39, 0.29) is 18.0 Å². The second-order valence-corrected chi connectivity index (χ2v) is 6.20. The van der Waals surface area contributed by atoms with E-state index in [1.807, 2.05) is 31.2 Å². The molecular weight excluding hydrogens is 300 g/mol. The molecule has 2 aromatic carbocycles. The SMILES string of the molecule is CC(NC(=O)c1ccccc1N)c1nc2ccccc2n1C(C)C. The summed E-state index contributed by atoms with van der Waals surface area (Å²) in [6.45, 7) is 6.17. The monoisotopic (exact) mass is 322 g/mol. The minimum absolute atomic E-state index is 0.192. The van der Waals surface area contributed by atoms with Crippen molar-refractivity contribution in [1.29, 1.82) is 0 Å². The number of nitrogens with zero attached hydrogens (tertiary/aromatic N) is 2. The molecule has 5 nitrogen and oxygen atoms in total. The van der Waals surface area contributed by atoms with Gasteiger partial charge in [0.15, 0.2) is 0 Å². The van der Waals surface area contributed by atoms with Crippen molar-refractivity contribution in [3.05, 3.63) is 59.9 Å². The highest BCUT2D eigenvalue weighted by Gasteiger charge is 2.20. The molecule has 3 aromatic rings. The number of anilines is 1. The van der Waals surface area contributed by atoms with Crippen LogP contribution in [0.25, 0.3) is 11.0 Å². The fourth-order valence-corrected chi connectivity index (χ4v) is 2.95. The molecule has 1 heterocycles. The summed E-state index contributed by atoms with van der Waals surface area (Å²) in [7, 11) is 0. The Morgan fingerprint density at radius 2 is 1.75 bits per heavy atom. The van der Waals surface area contributed by atoms with Crippen LogP contribution < -0.4 is 11.1 Å². The zero-order valence-electron chi connectivity index (χ0n) is 14.2. The van der Waals surface area contributed by atoms with E-state index in [0.29, 0.717) is 11.3 Å². The molecule has 0 aliphatic rings. The van der Waals surface area contributed by atoms with E-state index in [1.165, 1.54) is 0 Å². The number of amides is 1. The highest BCUT2D eigenvalue weighted by Crippen LogP contribution is 2.25. The zero-order chi connectivity index (χ0) is 17.3. The maximum atomic E-state index is 12.5. The summed E-state index contributed by atoms with van der Waals surface area (Å²) >= 11 is 0. The summed E-state index contributed by atoms with van der Waals surface area (Å²) < 4.78 is 2.16. The third-order valence-electron chi connectivity index (χ3n) is 4.08. The van der Waals surface area contributed by atoms with Crippen molar-refractivity contribution in [2.45, 2.75) is 32.9 Å². The summed E-state index contributed by atoms with van der Waals surface area (Å²) in [5.41, 5.74) is 8.85. The molecule has 3 rings (SSSR count). The van der Waals surface area contributed by atoms with Gasteiger partial charge in [-0.3, -0.25) is 4.79 Å². The lowest BCUT2D eigenvalue weighted by atomic mass is 10.1. The molecule has 0 fully saturated rings. The molecule has 0 bridgehead atoms. The fourth-order valence-electron chi connectivity index (χ4n) is 2.95. The van der Waals surface area contributed by atoms with Gasteiger partial charge in [0.2, 0.25) is 0 Å². The van der Waals surface area contributed by atoms with Gasteiger partial charge < -0.3 is 15.6 Å². The van der Waals surface area contributed by atoms with Crippen LogP contribution in [0.15, 0.2) is 48.5 Å². The lowest BCUT2D eigenvalue weighted by molar-refractivity contribution is 0.0938. The van der Waals surface area contributed by atoms with Crippen molar-refractivity contribution in [2.24, 2.45) is 0 Å². The molecule has 0 aliphatic heterocycles. The molecule has 5 heteroatoms. The second kappa shape index (κ2) is 6.35. The first kappa shape index (κ1) is 16.1. The normalized spacial score (nSPS) is 12.5. The Kier molecular flexibility index (Phi) is 4.25. The standard InChI is InChI=1S/C19H22N4O/c1-12(2)23-17-11-7-6-10-16(17)22-18(23)13(3)21-19(24)14-8-4-5-9-15(14)20/h4-13H,20H2,1-3H3,(H,21,24). The zero-order valence-corrected chi connectivity index (χ0v) is 14.2. The predicted molar refractivity (Wildman–Crippen MR) is 96.9 cm³/mol. The number of carbonyl (C=O) groups excluding carboxylic acids is 1. The Bertz CT molecular complexity index is 882. The lowest BCUT2D eigenvalue weighted by Crippen LogP contribution is -2.29. The van der Waals surface area contributed by atoms with Gasteiger partial charge in [0.1, 0.15) is 5.82 Å². The summed E-state index contributed by atoms with van der Waals surface area (Å²) in [5, 5.41) is 3.01. The number of aromatic nitrogens is 2. The highest BCUT2D eigenvalue weighted by atomic mass is 16.1. The Morgan fingerprint density at radius 1 is 1.08 bits per heavy atom. The van der Waals surface area contributed by atoms with Crippen LogP contribution in [0.1, 0.15) is 49.0 Å². The maximum Gasteiger partial charge on any atom is 0.253 e. The van der Waals surface area contributed by atoms with Crippen LogP contribution in [0.4, 0.5) is 5.69 Å². The molecule has 1 atom stereocenters. The Morgan fingerprint density at radius 3 is 2.46 bits per heavy atom. The van der Waals surface area contributed by atoms with Gasteiger partial charge in [-0.15, -0.1) is 0 Å². The van der Waals surface area contributed by atoms with Crippen molar-refractivity contribution < 1.29 is 4.79 Å². The molecule has 0 saturated heterocycles. The predicted octanol–water partition coefficient (Wildman–Crippen LogP) is 3.69. The van der Waals surface area contributed by atoms with Crippen molar-refractivity contribution in [1.82, 2.24) is 14.9 Å². The number of imidazole rings is 1. The van der Waals surface area contributed by atoms with Gasteiger partial charge in [-0.25, -0.2) is 4.98 Å². The molecule has 3 N–H and O–H groups in total. The lowest BCUT2D eigenvalue weighted by Gasteiger charge is -2.19. The average molecular weight is 322 g/mol. The molecule has 1 unspecified atom stereocenters. The fraction of sp³-hybridized carbons (Fsp3) is 0.263. The number of para-hydroxylation sites is 3. The van der Waals surface area contributed by atoms with Crippen LogP contribution in [0.3, 0.4) is 0 Å². The number of rotatable bonds is 4. The molecule has 0 aliphatic carbocycles. The topological polar surface area (TPSA) is 72.9 Å². The Balaban J connectivity index is 1.94. The first-order chi connectivity index (χ1) is 11.5. The molecule has 0 spiro atoms. The quantitative estimate of drug-likeness (QED) is 0.720. The first-order valence-electron chi connectivity index (χ1n) is 8.11. The summed E-state index contributed by atoms with van der Waals surface area (Å²) in [6.07, 6.45) is 0. The van der Waals surface area contributed by atoms with E-state index in [2.05, 4.69) is 29.8 Å².